The van der Waals surface area contributed by atoms with Crippen LogP contribution in [0.1, 0.15) is 36.5 Å². The normalized spacial score (nSPS) is 19.2. The van der Waals surface area contributed by atoms with E-state index < -0.39 is 10.0 Å². The van der Waals surface area contributed by atoms with Gasteiger partial charge in [-0.1, -0.05) is 0 Å². The summed E-state index contributed by atoms with van der Waals surface area (Å²) in [6.07, 6.45) is 2.45. The number of carbonyl (C=O) groups excluding carboxylic acids is 1. The highest BCUT2D eigenvalue weighted by Crippen LogP contribution is 2.14. The van der Waals surface area contributed by atoms with Gasteiger partial charge in [-0.25, -0.2) is 13.1 Å². The molecule has 1 aromatic carbocycles. The second kappa shape index (κ2) is 8.57. The molecule has 1 saturated heterocycles. The lowest BCUT2D eigenvalue weighted by Gasteiger charge is -2.12. The van der Waals surface area contributed by atoms with Gasteiger partial charge in [0.1, 0.15) is 0 Å². The zero-order chi connectivity index (χ0) is 17.6. The summed E-state index contributed by atoms with van der Waals surface area (Å²) < 4.78 is 32.4. The van der Waals surface area contributed by atoms with Crippen molar-refractivity contribution in [1.82, 2.24) is 10.0 Å². The second-order valence-corrected chi connectivity index (χ2v) is 7.80. The first-order chi connectivity index (χ1) is 11.4. The molecule has 4 N–H and O–H groups in total. The van der Waals surface area contributed by atoms with Gasteiger partial charge in [-0.05, 0) is 50.5 Å². The molecule has 7 nitrogen and oxygen atoms in total. The van der Waals surface area contributed by atoms with Crippen molar-refractivity contribution in [1.29, 1.82) is 0 Å². The fourth-order valence-electron chi connectivity index (χ4n) is 2.39. The lowest BCUT2D eigenvalue weighted by atomic mass is 10.2. The van der Waals surface area contributed by atoms with E-state index in [-0.39, 0.29) is 29.5 Å². The number of hydrogen-bond donors (Lipinski definition) is 3. The van der Waals surface area contributed by atoms with Crippen molar-refractivity contribution in [3.63, 3.8) is 0 Å². The summed E-state index contributed by atoms with van der Waals surface area (Å²) in [6.45, 7) is 3.30. The minimum atomic E-state index is -3.60. The van der Waals surface area contributed by atoms with Gasteiger partial charge >= 0.3 is 0 Å². The minimum absolute atomic E-state index is 0.0211. The lowest BCUT2D eigenvalue weighted by Crippen LogP contribution is -2.32. The summed E-state index contributed by atoms with van der Waals surface area (Å²) in [5.41, 5.74) is 6.04. The van der Waals surface area contributed by atoms with E-state index in [1.807, 2.05) is 6.92 Å². The molecule has 1 aliphatic heterocycles. The van der Waals surface area contributed by atoms with Crippen LogP contribution in [0.4, 0.5) is 0 Å². The van der Waals surface area contributed by atoms with E-state index in [1.165, 1.54) is 24.3 Å². The number of sulfonamides is 1. The van der Waals surface area contributed by atoms with Crippen molar-refractivity contribution < 1.29 is 17.9 Å². The van der Waals surface area contributed by atoms with E-state index in [4.69, 9.17) is 10.5 Å². The average molecular weight is 355 g/mol. The highest BCUT2D eigenvalue weighted by Gasteiger charge is 2.20. The number of nitrogens with two attached hydrogens (primary N) is 1. The topological polar surface area (TPSA) is 111 Å². The highest BCUT2D eigenvalue weighted by molar-refractivity contribution is 7.89. The summed E-state index contributed by atoms with van der Waals surface area (Å²) >= 11 is 0. The molecule has 134 valence electrons. The molecule has 0 bridgehead atoms. The van der Waals surface area contributed by atoms with E-state index >= 15 is 0 Å². The van der Waals surface area contributed by atoms with Gasteiger partial charge in [-0.2, -0.15) is 0 Å². The molecule has 2 atom stereocenters. The van der Waals surface area contributed by atoms with Crippen LogP contribution >= 0.6 is 0 Å². The zero-order valence-electron chi connectivity index (χ0n) is 13.8. The SMILES string of the molecule is CC(N)CCNC(=O)c1ccc(S(=O)(=O)NCC2CCCO2)cc1. The average Bonchev–Trinajstić information content (AvgIpc) is 3.06. The highest BCUT2D eigenvalue weighted by atomic mass is 32.2. The number of rotatable bonds is 8. The number of ether oxygens (including phenoxy) is 1. The fourth-order valence-corrected chi connectivity index (χ4v) is 3.46. The Kier molecular flexibility index (Phi) is 6.73. The molecule has 1 amide bonds. The van der Waals surface area contributed by atoms with Crippen LogP contribution in [0.2, 0.25) is 0 Å². The third-order valence-corrected chi connectivity index (χ3v) is 5.28. The Morgan fingerprint density at radius 3 is 2.67 bits per heavy atom. The summed E-state index contributed by atoms with van der Waals surface area (Å²) in [4.78, 5) is 12.1. The Hall–Kier alpha value is -1.48. The molecule has 1 aromatic rings. The first-order valence-corrected chi connectivity index (χ1v) is 9.62. The molecule has 1 heterocycles. The van der Waals surface area contributed by atoms with Crippen molar-refractivity contribution in [3.8, 4) is 0 Å². The van der Waals surface area contributed by atoms with Crippen LogP contribution in [0.15, 0.2) is 29.2 Å². The van der Waals surface area contributed by atoms with Crippen LogP contribution in [0, 0.1) is 0 Å². The maximum absolute atomic E-state index is 12.2. The van der Waals surface area contributed by atoms with Crippen LogP contribution in [0.5, 0.6) is 0 Å². The molecule has 8 heteroatoms. The summed E-state index contributed by atoms with van der Waals surface area (Å²) in [5.74, 6) is -0.244. The predicted octanol–water partition coefficient (Wildman–Crippen LogP) is 0.611. The van der Waals surface area contributed by atoms with E-state index in [0.717, 1.165) is 12.8 Å². The quantitative estimate of drug-likeness (QED) is 0.633. The van der Waals surface area contributed by atoms with Crippen molar-refractivity contribution in [2.45, 2.75) is 43.2 Å². The Bertz CT molecular complexity index is 638. The molecule has 1 fully saturated rings. The van der Waals surface area contributed by atoms with Gasteiger partial charge in [0, 0.05) is 31.3 Å². The Morgan fingerprint density at radius 2 is 2.08 bits per heavy atom. The molecule has 0 aromatic heterocycles. The zero-order valence-corrected chi connectivity index (χ0v) is 14.6. The molecule has 0 saturated carbocycles. The molecule has 2 rings (SSSR count). The van der Waals surface area contributed by atoms with Crippen LogP contribution in [0.25, 0.3) is 0 Å². The number of hydrogen-bond acceptors (Lipinski definition) is 5. The Balaban J connectivity index is 1.90. The van der Waals surface area contributed by atoms with Gasteiger partial charge in [-0.3, -0.25) is 4.79 Å². The number of nitrogens with one attached hydrogen (secondary N) is 2. The summed E-state index contributed by atoms with van der Waals surface area (Å²) in [7, 11) is -3.60. The van der Waals surface area contributed by atoms with Crippen LogP contribution in [0.3, 0.4) is 0 Å². The first kappa shape index (κ1) is 18.9. The first-order valence-electron chi connectivity index (χ1n) is 8.13. The van der Waals surface area contributed by atoms with Crippen molar-refractivity contribution >= 4 is 15.9 Å². The van der Waals surface area contributed by atoms with Crippen molar-refractivity contribution in [2.75, 3.05) is 19.7 Å². The predicted molar refractivity (Wildman–Crippen MR) is 91.2 cm³/mol. The van der Waals surface area contributed by atoms with Gasteiger partial charge in [0.15, 0.2) is 0 Å². The number of carbonyl (C=O) groups is 1. The fraction of sp³-hybridized carbons (Fsp3) is 0.562. The summed E-state index contributed by atoms with van der Waals surface area (Å²) in [5, 5.41) is 2.75. The van der Waals surface area contributed by atoms with Gasteiger partial charge in [0.25, 0.3) is 5.91 Å². The third-order valence-electron chi connectivity index (χ3n) is 3.84. The molecule has 0 aliphatic carbocycles. The molecular weight excluding hydrogens is 330 g/mol. The van der Waals surface area contributed by atoms with Crippen LogP contribution < -0.4 is 15.8 Å². The van der Waals surface area contributed by atoms with E-state index in [0.29, 0.717) is 25.1 Å². The molecule has 24 heavy (non-hydrogen) atoms. The van der Waals surface area contributed by atoms with Crippen LogP contribution in [-0.4, -0.2) is 46.2 Å². The van der Waals surface area contributed by atoms with E-state index in [9.17, 15) is 13.2 Å². The van der Waals surface area contributed by atoms with E-state index in [2.05, 4.69) is 10.0 Å². The summed E-state index contributed by atoms with van der Waals surface area (Å²) in [6, 6.07) is 5.88. The Morgan fingerprint density at radius 1 is 1.38 bits per heavy atom. The van der Waals surface area contributed by atoms with E-state index in [1.54, 1.807) is 0 Å². The molecule has 0 spiro atoms. The smallest absolute Gasteiger partial charge is 0.251 e. The monoisotopic (exact) mass is 355 g/mol. The van der Waals surface area contributed by atoms with Crippen molar-refractivity contribution in [2.24, 2.45) is 5.73 Å². The van der Waals surface area contributed by atoms with Gasteiger partial charge in [0.05, 0.1) is 11.0 Å². The van der Waals surface area contributed by atoms with Gasteiger partial charge < -0.3 is 15.8 Å². The number of benzene rings is 1. The van der Waals surface area contributed by atoms with Gasteiger partial charge in [-0.15, -0.1) is 0 Å². The van der Waals surface area contributed by atoms with Crippen molar-refractivity contribution in [3.05, 3.63) is 29.8 Å². The molecule has 2 unspecified atom stereocenters. The molecule has 1 aliphatic rings. The second-order valence-electron chi connectivity index (χ2n) is 6.03. The number of amides is 1. The third kappa shape index (κ3) is 5.55. The van der Waals surface area contributed by atoms with Gasteiger partial charge in [0.2, 0.25) is 10.0 Å². The Labute approximate surface area is 143 Å². The van der Waals surface area contributed by atoms with Crippen LogP contribution in [-0.2, 0) is 14.8 Å². The molecule has 0 radical (unpaired) electrons. The lowest BCUT2D eigenvalue weighted by molar-refractivity contribution is 0.0952. The molecular formula is C16H25N3O4S. The maximum atomic E-state index is 12.2. The standard InChI is InChI=1S/C16H25N3O4S/c1-12(17)8-9-18-16(20)13-4-6-15(7-5-13)24(21,22)19-11-14-3-2-10-23-14/h4-7,12,14,19H,2-3,8-11,17H2,1H3,(H,18,20). The minimum Gasteiger partial charge on any atom is -0.377 e. The maximum Gasteiger partial charge on any atom is 0.251 e. The largest absolute Gasteiger partial charge is 0.377 e.